The van der Waals surface area contributed by atoms with E-state index in [2.05, 4.69) is 9.82 Å². The van der Waals surface area contributed by atoms with Crippen LogP contribution in [-0.4, -0.2) is 30.1 Å². The first-order chi connectivity index (χ1) is 10.6. The van der Waals surface area contributed by atoms with Gasteiger partial charge in [-0.3, -0.25) is 9.40 Å². The van der Waals surface area contributed by atoms with E-state index in [-0.39, 0.29) is 17.5 Å². The Hall–Kier alpha value is -2.03. The van der Waals surface area contributed by atoms with Crippen molar-refractivity contribution < 1.29 is 21.6 Å². The molecule has 0 radical (unpaired) electrons. The molecule has 1 atom stereocenters. The highest BCUT2D eigenvalue weighted by atomic mass is 32.2. The number of nitrogens with zero attached hydrogens (tertiary/aromatic N) is 2. The number of alkyl halides is 3. The standard InChI is InChI=1S/C14H16F3N3O2S/c1-11(12-5-3-2-4-6-12)9-23(21,22)19-13-7-8-20(18-13)10-14(15,16)17/h2-8,11H,9-10H2,1H3,(H,18,19)/t11-/m1/s1. The van der Waals surface area contributed by atoms with Crippen molar-refractivity contribution in [3.8, 4) is 0 Å². The molecule has 5 nitrogen and oxygen atoms in total. The lowest BCUT2D eigenvalue weighted by Gasteiger charge is -2.12. The molecule has 1 aromatic carbocycles. The Labute approximate surface area is 132 Å². The van der Waals surface area contributed by atoms with E-state index in [1.165, 1.54) is 6.07 Å². The number of anilines is 1. The Balaban J connectivity index is 2.01. The van der Waals surface area contributed by atoms with E-state index >= 15 is 0 Å². The van der Waals surface area contributed by atoms with Gasteiger partial charge in [-0.2, -0.15) is 18.3 Å². The number of rotatable bonds is 6. The normalized spacial score (nSPS) is 13.7. The van der Waals surface area contributed by atoms with Crippen LogP contribution in [0.2, 0.25) is 0 Å². The van der Waals surface area contributed by atoms with E-state index in [0.29, 0.717) is 4.68 Å². The van der Waals surface area contributed by atoms with Crippen LogP contribution in [0.4, 0.5) is 19.0 Å². The molecule has 23 heavy (non-hydrogen) atoms. The van der Waals surface area contributed by atoms with Gasteiger partial charge >= 0.3 is 6.18 Å². The molecule has 0 aliphatic rings. The molecule has 0 aliphatic carbocycles. The summed E-state index contributed by atoms with van der Waals surface area (Å²) in [5, 5.41) is 3.57. The second-order valence-electron chi connectivity index (χ2n) is 5.21. The van der Waals surface area contributed by atoms with Gasteiger partial charge in [0.2, 0.25) is 10.0 Å². The van der Waals surface area contributed by atoms with Crippen molar-refractivity contribution in [3.05, 3.63) is 48.2 Å². The monoisotopic (exact) mass is 347 g/mol. The quantitative estimate of drug-likeness (QED) is 0.874. The topological polar surface area (TPSA) is 64.0 Å². The first-order valence-electron chi connectivity index (χ1n) is 6.80. The number of hydrogen-bond donors (Lipinski definition) is 1. The highest BCUT2D eigenvalue weighted by Gasteiger charge is 2.28. The zero-order chi connectivity index (χ0) is 17.1. The molecule has 1 heterocycles. The Bertz CT molecular complexity index is 742. The minimum atomic E-state index is -4.41. The van der Waals surface area contributed by atoms with Crippen LogP contribution in [-0.2, 0) is 16.6 Å². The van der Waals surface area contributed by atoms with Crippen molar-refractivity contribution >= 4 is 15.8 Å². The number of hydrogen-bond acceptors (Lipinski definition) is 3. The molecule has 0 saturated heterocycles. The maximum Gasteiger partial charge on any atom is 0.408 e. The van der Waals surface area contributed by atoms with Crippen LogP contribution in [0, 0.1) is 0 Å². The van der Waals surface area contributed by atoms with Crippen molar-refractivity contribution in [2.45, 2.75) is 25.6 Å². The highest BCUT2D eigenvalue weighted by molar-refractivity contribution is 7.92. The van der Waals surface area contributed by atoms with E-state index in [9.17, 15) is 21.6 Å². The maximum atomic E-state index is 12.2. The summed E-state index contributed by atoms with van der Waals surface area (Å²) in [5.41, 5.74) is 0.862. The minimum Gasteiger partial charge on any atom is -0.266 e. The SMILES string of the molecule is C[C@H](CS(=O)(=O)Nc1ccn(CC(F)(F)F)n1)c1ccccc1. The fraction of sp³-hybridized carbons (Fsp3) is 0.357. The Morgan fingerprint density at radius 3 is 2.48 bits per heavy atom. The van der Waals surface area contributed by atoms with Gasteiger partial charge in [0.05, 0.1) is 5.75 Å². The van der Waals surface area contributed by atoms with Crippen LogP contribution in [0.1, 0.15) is 18.4 Å². The summed E-state index contributed by atoms with van der Waals surface area (Å²) in [5.74, 6) is -0.580. The van der Waals surface area contributed by atoms with Crippen molar-refractivity contribution in [1.82, 2.24) is 9.78 Å². The van der Waals surface area contributed by atoms with Crippen LogP contribution < -0.4 is 4.72 Å². The average Bonchev–Trinajstić information content (AvgIpc) is 2.83. The van der Waals surface area contributed by atoms with E-state index in [1.54, 1.807) is 6.92 Å². The summed E-state index contributed by atoms with van der Waals surface area (Å²) in [6.45, 7) is 0.492. The number of benzene rings is 1. The second kappa shape index (κ2) is 6.61. The van der Waals surface area contributed by atoms with Crippen molar-refractivity contribution in [2.75, 3.05) is 10.5 Å². The molecule has 0 bridgehead atoms. The zero-order valence-electron chi connectivity index (χ0n) is 12.3. The third kappa shape index (κ3) is 5.59. The lowest BCUT2D eigenvalue weighted by Crippen LogP contribution is -2.21. The molecule has 9 heteroatoms. The molecule has 126 valence electrons. The van der Waals surface area contributed by atoms with Gasteiger partial charge in [-0.1, -0.05) is 37.3 Å². The molecule has 0 saturated carbocycles. The van der Waals surface area contributed by atoms with Crippen LogP contribution in [0.5, 0.6) is 0 Å². The highest BCUT2D eigenvalue weighted by Crippen LogP contribution is 2.20. The molecule has 0 aliphatic heterocycles. The lowest BCUT2D eigenvalue weighted by molar-refractivity contribution is -0.142. The van der Waals surface area contributed by atoms with Crippen LogP contribution in [0.25, 0.3) is 0 Å². The Kier molecular flexibility index (Phi) is 4.98. The van der Waals surface area contributed by atoms with E-state index in [4.69, 9.17) is 0 Å². The lowest BCUT2D eigenvalue weighted by atomic mass is 10.0. The van der Waals surface area contributed by atoms with Crippen LogP contribution >= 0.6 is 0 Å². The average molecular weight is 347 g/mol. The summed E-state index contributed by atoms with van der Waals surface area (Å²) in [7, 11) is -3.72. The van der Waals surface area contributed by atoms with Crippen molar-refractivity contribution in [2.24, 2.45) is 0 Å². The van der Waals surface area contributed by atoms with Gasteiger partial charge in [0.25, 0.3) is 0 Å². The third-order valence-corrected chi connectivity index (χ3v) is 4.54. The predicted octanol–water partition coefficient (Wildman–Crippen LogP) is 2.99. The van der Waals surface area contributed by atoms with Crippen LogP contribution in [0.15, 0.2) is 42.6 Å². The Morgan fingerprint density at radius 2 is 1.87 bits per heavy atom. The van der Waals surface area contributed by atoms with Gasteiger partial charge in [-0.05, 0) is 11.5 Å². The summed E-state index contributed by atoms with van der Waals surface area (Å²) in [6, 6.07) is 10.3. The van der Waals surface area contributed by atoms with E-state index in [0.717, 1.165) is 11.8 Å². The van der Waals surface area contributed by atoms with E-state index in [1.807, 2.05) is 30.3 Å². The summed E-state index contributed by atoms with van der Waals surface area (Å²) in [4.78, 5) is 0. The molecule has 1 N–H and O–H groups in total. The van der Waals surface area contributed by atoms with Gasteiger partial charge in [0.15, 0.2) is 5.82 Å². The fourth-order valence-electron chi connectivity index (χ4n) is 2.10. The molecule has 0 unspecified atom stereocenters. The summed E-state index contributed by atoms with van der Waals surface area (Å²) >= 11 is 0. The van der Waals surface area contributed by atoms with E-state index < -0.39 is 22.7 Å². The number of nitrogens with one attached hydrogen (secondary N) is 1. The molecule has 2 rings (SSSR count). The predicted molar refractivity (Wildman–Crippen MR) is 80.5 cm³/mol. The molecule has 1 aromatic heterocycles. The molecular weight excluding hydrogens is 331 g/mol. The minimum absolute atomic E-state index is 0.130. The molecule has 0 amide bonds. The smallest absolute Gasteiger partial charge is 0.266 e. The zero-order valence-corrected chi connectivity index (χ0v) is 13.1. The van der Waals surface area contributed by atoms with Crippen LogP contribution in [0.3, 0.4) is 0 Å². The Morgan fingerprint density at radius 1 is 1.22 bits per heavy atom. The molecule has 0 spiro atoms. The molecular formula is C14H16F3N3O2S. The van der Waals surface area contributed by atoms with Crippen molar-refractivity contribution in [1.29, 1.82) is 0 Å². The second-order valence-corrected chi connectivity index (χ2v) is 6.98. The van der Waals surface area contributed by atoms with Gasteiger partial charge in [0, 0.05) is 12.3 Å². The first-order valence-corrected chi connectivity index (χ1v) is 8.45. The van der Waals surface area contributed by atoms with Gasteiger partial charge in [0.1, 0.15) is 6.54 Å². The first kappa shape index (κ1) is 17.3. The number of sulfonamides is 1. The maximum absolute atomic E-state index is 12.2. The largest absolute Gasteiger partial charge is 0.408 e. The van der Waals surface area contributed by atoms with Crippen molar-refractivity contribution in [3.63, 3.8) is 0 Å². The number of halogens is 3. The van der Waals surface area contributed by atoms with Gasteiger partial charge in [-0.15, -0.1) is 0 Å². The molecule has 0 fully saturated rings. The van der Waals surface area contributed by atoms with Gasteiger partial charge < -0.3 is 0 Å². The third-order valence-electron chi connectivity index (χ3n) is 3.08. The summed E-state index contributed by atoms with van der Waals surface area (Å²) in [6.07, 6.45) is -3.34. The fourth-order valence-corrected chi connectivity index (χ4v) is 3.46. The van der Waals surface area contributed by atoms with Gasteiger partial charge in [-0.25, -0.2) is 8.42 Å². The number of aromatic nitrogens is 2. The summed E-state index contributed by atoms with van der Waals surface area (Å²) < 4.78 is 63.8. The molecule has 2 aromatic rings.